The summed E-state index contributed by atoms with van der Waals surface area (Å²) in [5, 5.41) is 9.31. The number of morpholine rings is 1. The molecule has 0 unspecified atom stereocenters. The fourth-order valence-electron chi connectivity index (χ4n) is 3.94. The molecule has 1 aliphatic heterocycles. The summed E-state index contributed by atoms with van der Waals surface area (Å²) in [5.41, 5.74) is 2.69. The Labute approximate surface area is 238 Å². The number of carbonyl (C=O) groups excluding carboxylic acids is 1. The molecular weight excluding hydrogens is 564 g/mol. The smallest absolute Gasteiger partial charge is 0.253 e. The maximum absolute atomic E-state index is 12.6. The number of ether oxygens (including phenoxy) is 3. The van der Waals surface area contributed by atoms with Crippen LogP contribution in [-0.4, -0.2) is 64.6 Å². The van der Waals surface area contributed by atoms with E-state index in [9.17, 15) is 4.79 Å². The number of benzene rings is 2. The summed E-state index contributed by atoms with van der Waals surface area (Å²) < 4.78 is 18.2. The van der Waals surface area contributed by atoms with Crippen LogP contribution in [0, 0.1) is 0 Å². The van der Waals surface area contributed by atoms with E-state index in [-0.39, 0.29) is 11.9 Å². The topological polar surface area (TPSA) is 109 Å². The molecule has 0 aromatic heterocycles. The lowest BCUT2D eigenvalue weighted by molar-refractivity contribution is 0.0956. The van der Waals surface area contributed by atoms with Crippen LogP contribution in [0.4, 0.5) is 17.1 Å². The maximum Gasteiger partial charge on any atom is 0.253 e. The number of guanidine groups is 1. The molecule has 1 amide bonds. The molecule has 1 heterocycles. The molecule has 0 aliphatic carbocycles. The number of hydrogen-bond donors (Lipinski definition) is 3. The number of rotatable bonds is 11. The van der Waals surface area contributed by atoms with Gasteiger partial charge in [0.15, 0.2) is 0 Å². The second kappa shape index (κ2) is 15.1. The van der Waals surface area contributed by atoms with Crippen LogP contribution in [0.5, 0.6) is 11.5 Å². The second-order valence-corrected chi connectivity index (χ2v) is 9.60. The number of anilines is 3. The number of halogens is 1. The van der Waals surface area contributed by atoms with Crippen molar-refractivity contribution < 1.29 is 19.0 Å². The van der Waals surface area contributed by atoms with Gasteiger partial charge in [0.2, 0.25) is 5.96 Å². The van der Waals surface area contributed by atoms with Gasteiger partial charge >= 0.3 is 0 Å². The van der Waals surface area contributed by atoms with Crippen molar-refractivity contribution in [3.05, 3.63) is 52.3 Å². The van der Waals surface area contributed by atoms with Gasteiger partial charge in [-0.15, -0.1) is 0 Å². The minimum Gasteiger partial charge on any atom is -0.492 e. The summed E-state index contributed by atoms with van der Waals surface area (Å²) in [6.45, 7) is 15.7. The Morgan fingerprint density at radius 1 is 1.05 bits per heavy atom. The third-order valence-corrected chi connectivity index (χ3v) is 6.09. The van der Waals surface area contributed by atoms with E-state index in [0.717, 1.165) is 24.5 Å². The van der Waals surface area contributed by atoms with Crippen LogP contribution in [0.15, 0.2) is 56.7 Å². The van der Waals surface area contributed by atoms with Crippen LogP contribution < -0.4 is 30.3 Å². The van der Waals surface area contributed by atoms with Gasteiger partial charge in [-0.1, -0.05) is 28.1 Å². The molecule has 0 spiro atoms. The zero-order valence-electron chi connectivity index (χ0n) is 23.0. The molecule has 1 aliphatic rings. The first-order chi connectivity index (χ1) is 18.9. The van der Waals surface area contributed by atoms with E-state index in [2.05, 4.69) is 53.5 Å². The van der Waals surface area contributed by atoms with Crippen molar-refractivity contribution in [2.75, 3.05) is 61.6 Å². The molecule has 10 nitrogen and oxygen atoms in total. The molecular formula is C28H37BrN6O4. The highest BCUT2D eigenvalue weighted by molar-refractivity contribution is 9.11. The first-order valence-electron chi connectivity index (χ1n) is 13.0. The number of nitrogens with one attached hydrogen (secondary N) is 3. The van der Waals surface area contributed by atoms with Crippen molar-refractivity contribution in [1.82, 2.24) is 5.32 Å². The van der Waals surface area contributed by atoms with Gasteiger partial charge in [-0.3, -0.25) is 4.79 Å². The van der Waals surface area contributed by atoms with Gasteiger partial charge in [-0.05, 0) is 46.5 Å². The lowest BCUT2D eigenvalue weighted by atomic mass is 10.1. The summed E-state index contributed by atoms with van der Waals surface area (Å²) in [4.78, 5) is 23.6. The van der Waals surface area contributed by atoms with Gasteiger partial charge in [-0.25, -0.2) is 4.99 Å². The van der Waals surface area contributed by atoms with Crippen LogP contribution in [0.1, 0.15) is 38.1 Å². The summed E-state index contributed by atoms with van der Waals surface area (Å²) >= 11 is 3.52. The number of hydrogen-bond acceptors (Lipinski definition) is 7. The number of carbonyl (C=O) groups is 1. The molecule has 2 aromatic rings. The Kier molecular flexibility index (Phi) is 11.6. The molecule has 11 heteroatoms. The quantitative estimate of drug-likeness (QED) is 0.239. The lowest BCUT2D eigenvalue weighted by Gasteiger charge is -2.31. The van der Waals surface area contributed by atoms with E-state index in [1.54, 1.807) is 6.07 Å². The fourth-order valence-corrected chi connectivity index (χ4v) is 4.13. The molecule has 0 atom stereocenters. The molecule has 1 fully saturated rings. The monoisotopic (exact) mass is 600 g/mol. The number of allylic oxidation sites excluding steroid dienone is 1. The number of amides is 1. The van der Waals surface area contributed by atoms with Crippen molar-refractivity contribution in [2.24, 2.45) is 9.98 Å². The van der Waals surface area contributed by atoms with Gasteiger partial charge in [0.25, 0.3) is 5.91 Å². The average Bonchev–Trinajstić information content (AvgIpc) is 2.94. The van der Waals surface area contributed by atoms with Crippen LogP contribution in [0.2, 0.25) is 0 Å². The standard InChI is InChI=1S/C28H37BrN6O4/c1-6-31-27(36)20-11-9-10-12-21(20)32-26(19(4)29)34-28(30-5)33-22-17-25(39-8-3)23(18-24(22)38-7-2)35-13-15-37-16-14-35/h9-12,17-18,32H,5-8,13-16H2,1-4H3,(H,31,36)(H,33,34)/b26-19+. The number of aliphatic imine (C=N–C) groups is 2. The van der Waals surface area contributed by atoms with E-state index < -0.39 is 0 Å². The van der Waals surface area contributed by atoms with E-state index in [1.807, 2.05) is 58.0 Å². The van der Waals surface area contributed by atoms with Gasteiger partial charge in [-0.2, -0.15) is 4.99 Å². The lowest BCUT2D eigenvalue weighted by Crippen LogP contribution is -2.36. The summed E-state index contributed by atoms with van der Waals surface area (Å²) in [7, 11) is 0. The Morgan fingerprint density at radius 2 is 1.74 bits per heavy atom. The summed E-state index contributed by atoms with van der Waals surface area (Å²) in [6.07, 6.45) is 0. The largest absolute Gasteiger partial charge is 0.492 e. The highest BCUT2D eigenvalue weighted by atomic mass is 79.9. The zero-order valence-corrected chi connectivity index (χ0v) is 24.6. The first-order valence-corrected chi connectivity index (χ1v) is 13.8. The Morgan fingerprint density at radius 3 is 2.38 bits per heavy atom. The molecule has 210 valence electrons. The van der Waals surface area contributed by atoms with Crippen molar-refractivity contribution in [3.8, 4) is 11.5 Å². The van der Waals surface area contributed by atoms with Crippen LogP contribution in [-0.2, 0) is 4.74 Å². The van der Waals surface area contributed by atoms with Crippen LogP contribution in [0.25, 0.3) is 0 Å². The molecule has 3 rings (SSSR count). The minimum absolute atomic E-state index is 0.179. The molecule has 0 saturated carbocycles. The van der Waals surface area contributed by atoms with Gasteiger partial charge in [0.1, 0.15) is 17.3 Å². The first kappa shape index (κ1) is 30.0. The number of para-hydroxylation sites is 1. The third-order valence-electron chi connectivity index (χ3n) is 5.71. The highest BCUT2D eigenvalue weighted by Crippen LogP contribution is 2.39. The molecule has 1 saturated heterocycles. The normalized spacial score (nSPS) is 14.3. The number of nitrogens with zero attached hydrogens (tertiary/aromatic N) is 3. The third kappa shape index (κ3) is 8.21. The van der Waals surface area contributed by atoms with E-state index in [1.165, 1.54) is 0 Å². The van der Waals surface area contributed by atoms with Gasteiger partial charge in [0.05, 0.1) is 49.1 Å². The van der Waals surface area contributed by atoms with E-state index in [0.29, 0.717) is 66.0 Å². The SMILES string of the molecule is C=N/C(=N\C(Nc1ccccc1C(=O)NCC)=C(/C)Br)Nc1cc(OCC)c(N2CCOCC2)cc1OCC. The molecule has 3 N–H and O–H groups in total. The fraction of sp³-hybridized carbons (Fsp3) is 0.393. The van der Waals surface area contributed by atoms with Gasteiger partial charge in [0, 0.05) is 36.2 Å². The zero-order chi connectivity index (χ0) is 28.2. The van der Waals surface area contributed by atoms with Crippen LogP contribution in [0.3, 0.4) is 0 Å². The molecule has 0 radical (unpaired) electrons. The Hall–Kier alpha value is -3.57. The van der Waals surface area contributed by atoms with E-state index in [4.69, 9.17) is 14.2 Å². The van der Waals surface area contributed by atoms with Crippen molar-refractivity contribution in [1.29, 1.82) is 0 Å². The van der Waals surface area contributed by atoms with Crippen molar-refractivity contribution in [3.63, 3.8) is 0 Å². The summed E-state index contributed by atoms with van der Waals surface area (Å²) in [5.74, 6) is 1.86. The summed E-state index contributed by atoms with van der Waals surface area (Å²) in [6, 6.07) is 11.1. The Balaban J connectivity index is 1.96. The maximum atomic E-state index is 12.6. The molecule has 2 aromatic carbocycles. The van der Waals surface area contributed by atoms with Crippen molar-refractivity contribution >= 4 is 51.6 Å². The van der Waals surface area contributed by atoms with Crippen LogP contribution >= 0.6 is 15.9 Å². The van der Waals surface area contributed by atoms with Gasteiger partial charge < -0.3 is 35.1 Å². The minimum atomic E-state index is -0.179. The molecule has 39 heavy (non-hydrogen) atoms. The van der Waals surface area contributed by atoms with Crippen molar-refractivity contribution in [2.45, 2.75) is 27.7 Å². The van der Waals surface area contributed by atoms with E-state index >= 15 is 0 Å². The second-order valence-electron chi connectivity index (χ2n) is 8.41. The highest BCUT2D eigenvalue weighted by Gasteiger charge is 2.20. The Bertz CT molecular complexity index is 1210. The predicted octanol–water partition coefficient (Wildman–Crippen LogP) is 5.23. The molecule has 0 bridgehead atoms. The average molecular weight is 602 g/mol. The predicted molar refractivity (Wildman–Crippen MR) is 162 cm³/mol.